The van der Waals surface area contributed by atoms with Crippen LogP contribution in [-0.2, 0) is 0 Å². The molecule has 0 bridgehead atoms. The van der Waals surface area contributed by atoms with E-state index in [9.17, 15) is 5.11 Å². The van der Waals surface area contributed by atoms with Gasteiger partial charge in [0.25, 0.3) is 0 Å². The largest absolute Gasteiger partial charge is 0.392 e. The van der Waals surface area contributed by atoms with Gasteiger partial charge in [-0.2, -0.15) is 0 Å². The fraction of sp³-hybridized carbons (Fsp3) is 0.375. The SMILES string of the molecule is CC(C)C(O)C(C)c1cccc2ccccc12. The van der Waals surface area contributed by atoms with E-state index in [0.717, 1.165) is 0 Å². The molecule has 90 valence electrons. The maximum atomic E-state index is 10.2. The minimum atomic E-state index is -0.291. The van der Waals surface area contributed by atoms with E-state index in [4.69, 9.17) is 0 Å². The summed E-state index contributed by atoms with van der Waals surface area (Å²) in [5.74, 6) is 0.449. The molecule has 0 aliphatic heterocycles. The summed E-state index contributed by atoms with van der Waals surface area (Å²) in [6.45, 7) is 6.23. The molecule has 1 N–H and O–H groups in total. The van der Waals surface area contributed by atoms with Crippen LogP contribution in [0.15, 0.2) is 42.5 Å². The van der Waals surface area contributed by atoms with Gasteiger partial charge in [0.2, 0.25) is 0 Å². The number of hydrogen-bond acceptors (Lipinski definition) is 1. The van der Waals surface area contributed by atoms with Crippen LogP contribution in [0.4, 0.5) is 0 Å². The average Bonchev–Trinajstić information content (AvgIpc) is 2.36. The van der Waals surface area contributed by atoms with Crippen LogP contribution in [0.25, 0.3) is 10.8 Å². The number of aliphatic hydroxyl groups is 1. The van der Waals surface area contributed by atoms with Gasteiger partial charge in [0.05, 0.1) is 6.10 Å². The van der Waals surface area contributed by atoms with Gasteiger partial charge in [0.15, 0.2) is 0 Å². The molecule has 0 aliphatic rings. The van der Waals surface area contributed by atoms with Gasteiger partial charge >= 0.3 is 0 Å². The van der Waals surface area contributed by atoms with Crippen molar-refractivity contribution in [3.05, 3.63) is 48.0 Å². The topological polar surface area (TPSA) is 20.2 Å². The van der Waals surface area contributed by atoms with Crippen LogP contribution >= 0.6 is 0 Å². The number of aliphatic hydroxyl groups excluding tert-OH is 1. The second-order valence-electron chi connectivity index (χ2n) is 5.09. The molecule has 0 amide bonds. The lowest BCUT2D eigenvalue weighted by molar-refractivity contribution is 0.102. The zero-order valence-corrected chi connectivity index (χ0v) is 10.7. The van der Waals surface area contributed by atoms with E-state index in [0.29, 0.717) is 0 Å². The summed E-state index contributed by atoms with van der Waals surface area (Å²) >= 11 is 0. The predicted molar refractivity (Wildman–Crippen MR) is 73.2 cm³/mol. The summed E-state index contributed by atoms with van der Waals surface area (Å²) in [5.41, 5.74) is 1.24. The first-order chi connectivity index (χ1) is 8.11. The van der Waals surface area contributed by atoms with Crippen molar-refractivity contribution in [2.24, 2.45) is 5.92 Å². The summed E-state index contributed by atoms with van der Waals surface area (Å²) in [6.07, 6.45) is -0.291. The second kappa shape index (κ2) is 4.89. The van der Waals surface area contributed by atoms with Crippen LogP contribution < -0.4 is 0 Å². The molecular formula is C16H20O. The van der Waals surface area contributed by atoms with E-state index in [1.807, 2.05) is 0 Å². The van der Waals surface area contributed by atoms with Crippen molar-refractivity contribution in [2.45, 2.75) is 32.8 Å². The third-order valence-corrected chi connectivity index (χ3v) is 3.51. The molecule has 17 heavy (non-hydrogen) atoms. The van der Waals surface area contributed by atoms with E-state index in [1.54, 1.807) is 0 Å². The molecule has 2 unspecified atom stereocenters. The summed E-state index contributed by atoms with van der Waals surface area (Å²) in [5, 5.41) is 12.7. The second-order valence-corrected chi connectivity index (χ2v) is 5.09. The Morgan fingerprint density at radius 1 is 0.882 bits per heavy atom. The van der Waals surface area contributed by atoms with Crippen LogP contribution in [0.2, 0.25) is 0 Å². The van der Waals surface area contributed by atoms with E-state index in [1.165, 1.54) is 16.3 Å². The highest BCUT2D eigenvalue weighted by molar-refractivity contribution is 5.86. The maximum absolute atomic E-state index is 10.2. The lowest BCUT2D eigenvalue weighted by atomic mass is 9.86. The lowest BCUT2D eigenvalue weighted by Gasteiger charge is -2.23. The highest BCUT2D eigenvalue weighted by Gasteiger charge is 2.20. The Labute approximate surface area is 103 Å². The van der Waals surface area contributed by atoms with E-state index >= 15 is 0 Å². The van der Waals surface area contributed by atoms with Gasteiger partial charge in [-0.05, 0) is 22.3 Å². The molecule has 0 aromatic heterocycles. The van der Waals surface area contributed by atoms with Crippen LogP contribution in [0, 0.1) is 5.92 Å². The summed E-state index contributed by atoms with van der Waals surface area (Å²) < 4.78 is 0. The Hall–Kier alpha value is -1.34. The Morgan fingerprint density at radius 2 is 1.53 bits per heavy atom. The standard InChI is InChI=1S/C16H20O/c1-11(2)16(17)12(3)14-10-6-8-13-7-4-5-9-15(13)14/h4-12,16-17H,1-3H3. The van der Waals surface area contributed by atoms with Crippen molar-refractivity contribution in [1.29, 1.82) is 0 Å². The molecule has 0 heterocycles. The third kappa shape index (κ3) is 2.34. The third-order valence-electron chi connectivity index (χ3n) is 3.51. The Morgan fingerprint density at radius 3 is 2.24 bits per heavy atom. The molecule has 2 rings (SSSR count). The first-order valence-electron chi connectivity index (χ1n) is 6.27. The number of fused-ring (bicyclic) bond motifs is 1. The van der Waals surface area contributed by atoms with Crippen molar-refractivity contribution in [2.75, 3.05) is 0 Å². The molecule has 1 heteroatoms. The van der Waals surface area contributed by atoms with Gasteiger partial charge in [0.1, 0.15) is 0 Å². The fourth-order valence-corrected chi connectivity index (χ4v) is 2.41. The van der Waals surface area contributed by atoms with Crippen LogP contribution in [0.1, 0.15) is 32.3 Å². The van der Waals surface area contributed by atoms with Crippen molar-refractivity contribution in [1.82, 2.24) is 0 Å². The van der Waals surface area contributed by atoms with Gasteiger partial charge in [-0.25, -0.2) is 0 Å². The smallest absolute Gasteiger partial charge is 0.0629 e. The van der Waals surface area contributed by atoms with Gasteiger partial charge in [0, 0.05) is 5.92 Å². The van der Waals surface area contributed by atoms with Crippen molar-refractivity contribution in [3.8, 4) is 0 Å². The normalized spacial score (nSPS) is 15.1. The molecule has 2 atom stereocenters. The Balaban J connectivity index is 2.48. The van der Waals surface area contributed by atoms with Gasteiger partial charge in [-0.1, -0.05) is 63.2 Å². The number of hydrogen-bond donors (Lipinski definition) is 1. The molecular weight excluding hydrogens is 208 g/mol. The van der Waals surface area contributed by atoms with Crippen LogP contribution in [0.3, 0.4) is 0 Å². The van der Waals surface area contributed by atoms with Crippen molar-refractivity contribution < 1.29 is 5.11 Å². The van der Waals surface area contributed by atoms with Gasteiger partial charge in [-0.15, -0.1) is 0 Å². The minimum absolute atomic E-state index is 0.168. The molecule has 0 spiro atoms. The monoisotopic (exact) mass is 228 g/mol. The zero-order chi connectivity index (χ0) is 12.4. The summed E-state index contributed by atoms with van der Waals surface area (Å²) in [6, 6.07) is 14.7. The van der Waals surface area contributed by atoms with Gasteiger partial charge < -0.3 is 5.11 Å². The molecule has 2 aromatic rings. The molecule has 2 aromatic carbocycles. The van der Waals surface area contributed by atoms with E-state index < -0.39 is 0 Å². The molecule has 1 nitrogen and oxygen atoms in total. The predicted octanol–water partition coefficient (Wildman–Crippen LogP) is 3.96. The molecule has 0 saturated carbocycles. The van der Waals surface area contributed by atoms with Crippen molar-refractivity contribution in [3.63, 3.8) is 0 Å². The average molecular weight is 228 g/mol. The van der Waals surface area contributed by atoms with Crippen molar-refractivity contribution >= 4 is 10.8 Å². The lowest BCUT2D eigenvalue weighted by Crippen LogP contribution is -2.22. The van der Waals surface area contributed by atoms with E-state index in [2.05, 4.69) is 63.2 Å². The molecule has 0 saturated heterocycles. The minimum Gasteiger partial charge on any atom is -0.392 e. The molecule has 0 fully saturated rings. The zero-order valence-electron chi connectivity index (χ0n) is 10.7. The first kappa shape index (κ1) is 12.1. The Bertz CT molecular complexity index is 496. The highest BCUT2D eigenvalue weighted by atomic mass is 16.3. The Kier molecular flexibility index (Phi) is 3.49. The molecule has 0 aliphatic carbocycles. The maximum Gasteiger partial charge on any atom is 0.0629 e. The number of benzene rings is 2. The summed E-state index contributed by atoms with van der Waals surface area (Å²) in [4.78, 5) is 0. The van der Waals surface area contributed by atoms with Gasteiger partial charge in [-0.3, -0.25) is 0 Å². The quantitative estimate of drug-likeness (QED) is 0.843. The van der Waals surface area contributed by atoms with E-state index in [-0.39, 0.29) is 17.9 Å². The van der Waals surface area contributed by atoms with Crippen LogP contribution in [-0.4, -0.2) is 11.2 Å². The number of rotatable bonds is 3. The fourth-order valence-electron chi connectivity index (χ4n) is 2.41. The highest BCUT2D eigenvalue weighted by Crippen LogP contribution is 2.29. The first-order valence-corrected chi connectivity index (χ1v) is 6.27. The molecule has 0 radical (unpaired) electrons. The van der Waals surface area contributed by atoms with Crippen LogP contribution in [0.5, 0.6) is 0 Å². The summed E-state index contributed by atoms with van der Waals surface area (Å²) in [7, 11) is 0.